The Balaban J connectivity index is 1.44. The Hall–Kier alpha value is -3.03. The van der Waals surface area contributed by atoms with Crippen molar-refractivity contribution in [2.45, 2.75) is 44.1 Å². The minimum atomic E-state index is -0.0733. The zero-order valence-electron chi connectivity index (χ0n) is 19.0. The third kappa shape index (κ3) is 3.63. The number of H-pyrrole nitrogens is 1. The number of halogens is 1. The molecule has 2 aliphatic heterocycles. The fourth-order valence-electron chi connectivity index (χ4n) is 4.85. The Morgan fingerprint density at radius 3 is 2.94 bits per heavy atom. The van der Waals surface area contributed by atoms with Gasteiger partial charge in [0, 0.05) is 53.2 Å². The van der Waals surface area contributed by atoms with E-state index in [9.17, 15) is 4.79 Å². The van der Waals surface area contributed by atoms with Crippen LogP contribution < -0.4 is 15.4 Å². The van der Waals surface area contributed by atoms with E-state index in [-0.39, 0.29) is 17.4 Å². The summed E-state index contributed by atoms with van der Waals surface area (Å²) in [4.78, 5) is 21.0. The topological polar surface area (TPSA) is 88.3 Å². The number of benzene rings is 1. The summed E-state index contributed by atoms with van der Waals surface area (Å²) in [5.41, 5.74) is 5.86. The zero-order valence-corrected chi connectivity index (χ0v) is 19.8. The molecule has 3 N–H and O–H groups in total. The highest BCUT2D eigenvalue weighted by Gasteiger charge is 2.51. The highest BCUT2D eigenvalue weighted by molar-refractivity contribution is 6.31. The molecule has 0 radical (unpaired) electrons. The number of pyridine rings is 1. The molecule has 1 aliphatic carbocycles. The average Bonchev–Trinajstić information content (AvgIpc) is 3.49. The third-order valence-corrected chi connectivity index (χ3v) is 7.68. The maximum atomic E-state index is 13.1. The molecule has 6 rings (SSSR count). The first-order valence-electron chi connectivity index (χ1n) is 11.8. The summed E-state index contributed by atoms with van der Waals surface area (Å²) < 4.78 is 11.7. The molecule has 2 fully saturated rings. The molecule has 4 heterocycles. The van der Waals surface area contributed by atoms with Gasteiger partial charge in [0.2, 0.25) is 0 Å². The lowest BCUT2D eigenvalue weighted by Gasteiger charge is -2.26. The molecular formula is C26H27ClN4O3. The number of aromatic amines is 1. The first-order valence-corrected chi connectivity index (χ1v) is 12.2. The molecular weight excluding hydrogens is 452 g/mol. The first-order chi connectivity index (χ1) is 16.6. The van der Waals surface area contributed by atoms with Gasteiger partial charge in [-0.25, -0.2) is 0 Å². The molecule has 0 bridgehead atoms. The maximum Gasteiger partial charge on any atom is 0.255 e. The van der Waals surface area contributed by atoms with Gasteiger partial charge in [-0.05, 0) is 49.9 Å². The van der Waals surface area contributed by atoms with Crippen molar-refractivity contribution in [2.75, 3.05) is 25.1 Å². The van der Waals surface area contributed by atoms with E-state index in [1.807, 2.05) is 31.2 Å². The number of nitrogens with zero attached hydrogens (tertiary/aromatic N) is 1. The maximum absolute atomic E-state index is 13.1. The number of ether oxygens (including phenoxy) is 2. The van der Waals surface area contributed by atoms with Crippen molar-refractivity contribution in [3.8, 4) is 17.0 Å². The molecule has 1 aromatic carbocycles. The number of fused-ring (bicyclic) bond motifs is 2. The van der Waals surface area contributed by atoms with Gasteiger partial charge in [-0.1, -0.05) is 17.7 Å². The van der Waals surface area contributed by atoms with Gasteiger partial charge in [-0.3, -0.25) is 9.78 Å². The second-order valence-corrected chi connectivity index (χ2v) is 9.82. The lowest BCUT2D eigenvalue weighted by molar-refractivity contribution is -0.0596. The number of amides is 1. The van der Waals surface area contributed by atoms with E-state index in [0.717, 1.165) is 66.2 Å². The van der Waals surface area contributed by atoms with Gasteiger partial charge >= 0.3 is 0 Å². The normalized spacial score (nSPS) is 19.8. The predicted octanol–water partition coefficient (Wildman–Crippen LogP) is 5.11. The quantitative estimate of drug-likeness (QED) is 0.439. The van der Waals surface area contributed by atoms with Crippen LogP contribution in [0.25, 0.3) is 11.3 Å². The van der Waals surface area contributed by atoms with Gasteiger partial charge in [0.25, 0.3) is 5.91 Å². The number of rotatable bonds is 7. The molecule has 2 aromatic heterocycles. The van der Waals surface area contributed by atoms with Crippen LogP contribution >= 0.6 is 11.6 Å². The molecule has 0 unspecified atom stereocenters. The summed E-state index contributed by atoms with van der Waals surface area (Å²) in [6.07, 6.45) is 7.79. The Bertz CT molecular complexity index is 1260. The van der Waals surface area contributed by atoms with Crippen LogP contribution in [-0.2, 0) is 10.2 Å². The van der Waals surface area contributed by atoms with Crippen molar-refractivity contribution in [3.63, 3.8) is 0 Å². The molecule has 1 amide bonds. The van der Waals surface area contributed by atoms with Crippen molar-refractivity contribution in [3.05, 3.63) is 58.5 Å². The Morgan fingerprint density at radius 2 is 2.18 bits per heavy atom. The Morgan fingerprint density at radius 1 is 1.32 bits per heavy atom. The number of hydrogen-bond acceptors (Lipinski definition) is 5. The number of aromatic nitrogens is 2. The SMILES string of the molecule is Cc1c(Cl)cccc1Nc1c(-c2ccncc2OCC[C@H]2CCO2)[nH]c2c1C(=O)NCC21CC1. The molecule has 1 atom stereocenters. The van der Waals surface area contributed by atoms with Crippen molar-refractivity contribution in [1.82, 2.24) is 15.3 Å². The van der Waals surface area contributed by atoms with E-state index < -0.39 is 0 Å². The van der Waals surface area contributed by atoms with Gasteiger partial charge in [-0.2, -0.15) is 0 Å². The monoisotopic (exact) mass is 478 g/mol. The molecule has 1 saturated heterocycles. The lowest BCUT2D eigenvalue weighted by Crippen LogP contribution is -2.39. The first kappa shape index (κ1) is 21.5. The van der Waals surface area contributed by atoms with Crippen molar-refractivity contribution < 1.29 is 14.3 Å². The van der Waals surface area contributed by atoms with Crippen molar-refractivity contribution in [2.24, 2.45) is 0 Å². The number of hydrogen-bond donors (Lipinski definition) is 3. The van der Waals surface area contributed by atoms with Crippen LogP contribution in [0.1, 0.15) is 47.3 Å². The van der Waals surface area contributed by atoms with Crippen molar-refractivity contribution >= 4 is 28.9 Å². The van der Waals surface area contributed by atoms with Gasteiger partial charge in [-0.15, -0.1) is 0 Å². The molecule has 3 aliphatic rings. The fraction of sp³-hybridized carbons (Fsp3) is 0.385. The number of carbonyl (C=O) groups excluding carboxylic acids is 1. The van der Waals surface area contributed by atoms with Crippen LogP contribution in [0.3, 0.4) is 0 Å². The third-order valence-electron chi connectivity index (χ3n) is 7.27. The van der Waals surface area contributed by atoms with Gasteiger partial charge < -0.3 is 25.1 Å². The molecule has 34 heavy (non-hydrogen) atoms. The fourth-order valence-corrected chi connectivity index (χ4v) is 5.02. The zero-order chi connectivity index (χ0) is 23.3. The molecule has 1 saturated carbocycles. The smallest absolute Gasteiger partial charge is 0.255 e. The summed E-state index contributed by atoms with van der Waals surface area (Å²) in [6, 6.07) is 7.67. The van der Waals surface area contributed by atoms with E-state index in [1.54, 1.807) is 12.4 Å². The summed E-state index contributed by atoms with van der Waals surface area (Å²) >= 11 is 6.40. The van der Waals surface area contributed by atoms with E-state index in [2.05, 4.69) is 20.6 Å². The van der Waals surface area contributed by atoms with Crippen LogP contribution in [-0.4, -0.2) is 41.7 Å². The highest BCUT2D eigenvalue weighted by atomic mass is 35.5. The Labute approximate surface area is 203 Å². The average molecular weight is 479 g/mol. The molecule has 176 valence electrons. The van der Waals surface area contributed by atoms with Crippen molar-refractivity contribution in [1.29, 1.82) is 0 Å². The molecule has 3 aromatic rings. The second kappa shape index (κ2) is 8.32. The number of anilines is 2. The van der Waals surface area contributed by atoms with Crippen LogP contribution in [0.15, 0.2) is 36.7 Å². The molecule has 8 heteroatoms. The van der Waals surface area contributed by atoms with E-state index in [0.29, 0.717) is 29.5 Å². The minimum absolute atomic E-state index is 0.0170. The second-order valence-electron chi connectivity index (χ2n) is 9.42. The Kier molecular flexibility index (Phi) is 5.26. The number of carbonyl (C=O) groups is 1. The number of nitrogens with one attached hydrogen (secondary N) is 3. The summed E-state index contributed by atoms with van der Waals surface area (Å²) in [6.45, 7) is 4.01. The van der Waals surface area contributed by atoms with E-state index >= 15 is 0 Å². The van der Waals surface area contributed by atoms with Gasteiger partial charge in [0.05, 0.1) is 35.9 Å². The minimum Gasteiger partial charge on any atom is -0.491 e. The van der Waals surface area contributed by atoms with Crippen LogP contribution in [0.5, 0.6) is 5.75 Å². The summed E-state index contributed by atoms with van der Waals surface area (Å²) in [5.74, 6) is 0.604. The predicted molar refractivity (Wildman–Crippen MR) is 131 cm³/mol. The summed E-state index contributed by atoms with van der Waals surface area (Å²) in [5, 5.41) is 7.30. The van der Waals surface area contributed by atoms with E-state index in [1.165, 1.54) is 0 Å². The van der Waals surface area contributed by atoms with Gasteiger partial charge in [0.15, 0.2) is 0 Å². The summed E-state index contributed by atoms with van der Waals surface area (Å²) in [7, 11) is 0. The van der Waals surface area contributed by atoms with Crippen LogP contribution in [0, 0.1) is 6.92 Å². The largest absolute Gasteiger partial charge is 0.491 e. The van der Waals surface area contributed by atoms with Crippen LogP contribution in [0.2, 0.25) is 5.02 Å². The van der Waals surface area contributed by atoms with Crippen LogP contribution in [0.4, 0.5) is 11.4 Å². The molecule has 1 spiro atoms. The standard InChI is InChI=1S/C26H27ClN4O3/c1-15-18(27)3-2-4-19(15)30-23-21-24(26(8-9-26)14-29-25(21)32)31-22(23)17-5-10-28-13-20(17)34-12-7-16-6-11-33-16/h2-5,10,13,16,30-31H,6-9,11-12,14H2,1H3,(H,29,32)/t16-/m1/s1. The van der Waals surface area contributed by atoms with E-state index in [4.69, 9.17) is 21.1 Å². The highest BCUT2D eigenvalue weighted by Crippen LogP contribution is 2.54. The molecule has 7 nitrogen and oxygen atoms in total. The van der Waals surface area contributed by atoms with Gasteiger partial charge in [0.1, 0.15) is 5.75 Å². The lowest BCUT2D eigenvalue weighted by atomic mass is 9.93.